The average molecular weight is 291 g/mol. The Balaban J connectivity index is 1.90. The quantitative estimate of drug-likeness (QED) is 0.833. The average Bonchev–Trinajstić information content (AvgIpc) is 2.49. The monoisotopic (exact) mass is 291 g/mol. The molecule has 0 bridgehead atoms. The van der Waals surface area contributed by atoms with Gasteiger partial charge in [0, 0.05) is 18.0 Å². The predicted molar refractivity (Wildman–Crippen MR) is 86.2 cm³/mol. The fraction of sp³-hybridized carbons (Fsp3) is 0.588. The Morgan fingerprint density at radius 3 is 2.20 bits per heavy atom. The highest BCUT2D eigenvalue weighted by molar-refractivity contribution is 7.80. The standard InChI is InChI=1S/C17H25NOS/c1-3-17(4-2)9-11-18(12-10-17)16(19)13-14-5-7-15(20)8-6-14/h5-8,20H,3-4,9-13H2,1-2H3. The molecule has 1 aromatic rings. The summed E-state index contributed by atoms with van der Waals surface area (Å²) in [7, 11) is 0. The van der Waals surface area contributed by atoms with E-state index < -0.39 is 0 Å². The van der Waals surface area contributed by atoms with Crippen LogP contribution in [0, 0.1) is 5.41 Å². The van der Waals surface area contributed by atoms with Crippen molar-refractivity contribution < 1.29 is 4.79 Å². The van der Waals surface area contributed by atoms with E-state index in [9.17, 15) is 4.79 Å². The number of nitrogens with zero attached hydrogens (tertiary/aromatic N) is 1. The third kappa shape index (κ3) is 3.57. The van der Waals surface area contributed by atoms with Crippen LogP contribution in [0.4, 0.5) is 0 Å². The van der Waals surface area contributed by atoms with Crippen LogP contribution in [-0.2, 0) is 11.2 Å². The van der Waals surface area contributed by atoms with Gasteiger partial charge in [0.2, 0.25) is 5.91 Å². The van der Waals surface area contributed by atoms with Crippen molar-refractivity contribution in [3.63, 3.8) is 0 Å². The molecule has 0 N–H and O–H groups in total. The molecule has 0 aromatic heterocycles. The largest absolute Gasteiger partial charge is 0.342 e. The summed E-state index contributed by atoms with van der Waals surface area (Å²) in [6, 6.07) is 7.88. The number of thiol groups is 1. The Kier molecular flexibility index (Phi) is 5.14. The van der Waals surface area contributed by atoms with Gasteiger partial charge in [-0.05, 0) is 36.0 Å². The molecule has 2 nitrogen and oxygen atoms in total. The zero-order chi connectivity index (χ0) is 14.6. The Morgan fingerprint density at radius 1 is 1.15 bits per heavy atom. The summed E-state index contributed by atoms with van der Waals surface area (Å²) in [6.07, 6.45) is 5.28. The van der Waals surface area contributed by atoms with Crippen molar-refractivity contribution in [3.05, 3.63) is 29.8 Å². The minimum absolute atomic E-state index is 0.262. The zero-order valence-corrected chi connectivity index (χ0v) is 13.5. The van der Waals surface area contributed by atoms with Gasteiger partial charge in [-0.15, -0.1) is 12.6 Å². The lowest BCUT2D eigenvalue weighted by atomic mass is 9.74. The van der Waals surface area contributed by atoms with Gasteiger partial charge < -0.3 is 4.90 Å². The van der Waals surface area contributed by atoms with Gasteiger partial charge in [0.1, 0.15) is 0 Å². The molecule has 0 atom stereocenters. The maximum absolute atomic E-state index is 12.3. The lowest BCUT2D eigenvalue weighted by molar-refractivity contribution is -0.132. The summed E-state index contributed by atoms with van der Waals surface area (Å²) < 4.78 is 0. The highest BCUT2D eigenvalue weighted by atomic mass is 32.1. The lowest BCUT2D eigenvalue weighted by Crippen LogP contribution is -2.43. The van der Waals surface area contributed by atoms with E-state index in [1.165, 1.54) is 12.8 Å². The Hall–Kier alpha value is -0.960. The second-order valence-corrected chi connectivity index (χ2v) is 6.45. The summed E-state index contributed by atoms with van der Waals surface area (Å²) in [5.74, 6) is 0.262. The van der Waals surface area contributed by atoms with Gasteiger partial charge >= 0.3 is 0 Å². The SMILES string of the molecule is CCC1(CC)CCN(C(=O)Cc2ccc(S)cc2)CC1. The highest BCUT2D eigenvalue weighted by Crippen LogP contribution is 2.37. The summed E-state index contributed by atoms with van der Waals surface area (Å²) in [4.78, 5) is 15.3. The molecule has 20 heavy (non-hydrogen) atoms. The van der Waals surface area contributed by atoms with E-state index in [0.29, 0.717) is 11.8 Å². The maximum atomic E-state index is 12.3. The number of rotatable bonds is 4. The number of likely N-dealkylation sites (tertiary alicyclic amines) is 1. The first kappa shape index (κ1) is 15.4. The normalized spacial score (nSPS) is 18.1. The van der Waals surface area contributed by atoms with Gasteiger partial charge in [0.05, 0.1) is 6.42 Å². The molecule has 0 radical (unpaired) electrons. The lowest BCUT2D eigenvalue weighted by Gasteiger charge is -2.41. The van der Waals surface area contributed by atoms with E-state index in [-0.39, 0.29) is 5.91 Å². The molecular weight excluding hydrogens is 266 g/mol. The molecule has 1 aromatic carbocycles. The van der Waals surface area contributed by atoms with E-state index in [0.717, 1.165) is 36.4 Å². The van der Waals surface area contributed by atoms with Crippen LogP contribution in [0.5, 0.6) is 0 Å². The van der Waals surface area contributed by atoms with Crippen molar-refractivity contribution in [1.29, 1.82) is 0 Å². The molecule has 1 aliphatic rings. The second-order valence-electron chi connectivity index (χ2n) is 5.93. The number of hydrogen-bond donors (Lipinski definition) is 1. The molecule has 0 saturated carbocycles. The molecule has 0 spiro atoms. The minimum Gasteiger partial charge on any atom is -0.342 e. The van der Waals surface area contributed by atoms with Crippen LogP contribution in [0.2, 0.25) is 0 Å². The summed E-state index contributed by atoms with van der Waals surface area (Å²) in [6.45, 7) is 6.40. The molecule has 1 heterocycles. The van der Waals surface area contributed by atoms with E-state index in [2.05, 4.69) is 26.5 Å². The van der Waals surface area contributed by atoms with E-state index in [1.807, 2.05) is 29.2 Å². The molecule has 3 heteroatoms. The molecule has 1 aliphatic heterocycles. The summed E-state index contributed by atoms with van der Waals surface area (Å²) in [5, 5.41) is 0. The van der Waals surface area contributed by atoms with Crippen LogP contribution in [0.3, 0.4) is 0 Å². The van der Waals surface area contributed by atoms with Crippen molar-refractivity contribution >= 4 is 18.5 Å². The smallest absolute Gasteiger partial charge is 0.226 e. The van der Waals surface area contributed by atoms with Crippen LogP contribution in [0.15, 0.2) is 29.2 Å². The zero-order valence-electron chi connectivity index (χ0n) is 12.6. The van der Waals surface area contributed by atoms with Crippen LogP contribution in [0.25, 0.3) is 0 Å². The summed E-state index contributed by atoms with van der Waals surface area (Å²) in [5.41, 5.74) is 1.56. The van der Waals surface area contributed by atoms with E-state index >= 15 is 0 Å². The van der Waals surface area contributed by atoms with Crippen LogP contribution < -0.4 is 0 Å². The van der Waals surface area contributed by atoms with Gasteiger partial charge in [-0.25, -0.2) is 0 Å². The Bertz CT molecular complexity index is 441. The van der Waals surface area contributed by atoms with Crippen molar-refractivity contribution in [3.8, 4) is 0 Å². The second kappa shape index (κ2) is 6.66. The number of carbonyl (C=O) groups is 1. The number of benzene rings is 1. The van der Waals surface area contributed by atoms with Gasteiger partial charge in [0.15, 0.2) is 0 Å². The minimum atomic E-state index is 0.262. The first-order valence-corrected chi connectivity index (χ1v) is 8.09. The van der Waals surface area contributed by atoms with Gasteiger partial charge in [-0.1, -0.05) is 38.8 Å². The topological polar surface area (TPSA) is 20.3 Å². The van der Waals surface area contributed by atoms with Crippen LogP contribution >= 0.6 is 12.6 Å². The van der Waals surface area contributed by atoms with E-state index in [4.69, 9.17) is 0 Å². The number of piperidine rings is 1. The third-order valence-electron chi connectivity index (χ3n) is 4.97. The van der Waals surface area contributed by atoms with Gasteiger partial charge in [0.25, 0.3) is 0 Å². The molecule has 1 saturated heterocycles. The molecule has 2 rings (SSSR count). The third-order valence-corrected chi connectivity index (χ3v) is 5.27. The Labute approximate surface area is 128 Å². The fourth-order valence-corrected chi connectivity index (χ4v) is 3.24. The van der Waals surface area contributed by atoms with Crippen LogP contribution in [0.1, 0.15) is 45.1 Å². The van der Waals surface area contributed by atoms with Crippen molar-refractivity contribution in [2.24, 2.45) is 5.41 Å². The van der Waals surface area contributed by atoms with E-state index in [1.54, 1.807) is 0 Å². The Morgan fingerprint density at radius 2 is 1.70 bits per heavy atom. The number of amides is 1. The first-order valence-electron chi connectivity index (χ1n) is 7.64. The molecule has 1 amide bonds. The molecular formula is C17H25NOS. The number of hydrogen-bond acceptors (Lipinski definition) is 2. The predicted octanol–water partition coefficient (Wildman–Crippen LogP) is 3.95. The van der Waals surface area contributed by atoms with Crippen LogP contribution in [-0.4, -0.2) is 23.9 Å². The fourth-order valence-electron chi connectivity index (χ4n) is 3.09. The molecule has 0 aliphatic carbocycles. The van der Waals surface area contributed by atoms with Crippen molar-refractivity contribution in [1.82, 2.24) is 4.90 Å². The molecule has 110 valence electrons. The summed E-state index contributed by atoms with van der Waals surface area (Å²) >= 11 is 4.27. The number of carbonyl (C=O) groups excluding carboxylic acids is 1. The molecule has 0 unspecified atom stereocenters. The van der Waals surface area contributed by atoms with Gasteiger partial charge in [-0.3, -0.25) is 4.79 Å². The first-order chi connectivity index (χ1) is 9.58. The maximum Gasteiger partial charge on any atom is 0.226 e. The van der Waals surface area contributed by atoms with Crippen molar-refractivity contribution in [2.75, 3.05) is 13.1 Å². The molecule has 1 fully saturated rings. The van der Waals surface area contributed by atoms with Crippen molar-refractivity contribution in [2.45, 2.75) is 50.8 Å². The van der Waals surface area contributed by atoms with Gasteiger partial charge in [-0.2, -0.15) is 0 Å². The highest BCUT2D eigenvalue weighted by Gasteiger charge is 2.32.